The van der Waals surface area contributed by atoms with Crippen molar-refractivity contribution in [3.05, 3.63) is 22.8 Å². The largest absolute Gasteiger partial charge is 0.481 e. The van der Waals surface area contributed by atoms with Gasteiger partial charge in [-0.3, -0.25) is 14.4 Å². The minimum atomic E-state index is -0.993. The van der Waals surface area contributed by atoms with Gasteiger partial charge in [-0.1, -0.05) is 13.8 Å². The van der Waals surface area contributed by atoms with E-state index in [1.54, 1.807) is 20.8 Å². The van der Waals surface area contributed by atoms with E-state index in [-0.39, 0.29) is 18.0 Å². The Morgan fingerprint density at radius 2 is 2.00 bits per heavy atom. The summed E-state index contributed by atoms with van der Waals surface area (Å²) in [5.74, 6) is -1.43. The normalized spacial score (nSPS) is 16.3. The molecule has 0 bridgehead atoms. The summed E-state index contributed by atoms with van der Waals surface area (Å²) in [5, 5.41) is 8.96. The van der Waals surface area contributed by atoms with Gasteiger partial charge in [0.05, 0.1) is 13.0 Å². The van der Waals surface area contributed by atoms with Gasteiger partial charge in [0, 0.05) is 31.6 Å². The van der Waals surface area contributed by atoms with Crippen LogP contribution in [0.2, 0.25) is 0 Å². The summed E-state index contributed by atoms with van der Waals surface area (Å²) < 4.78 is 4.86. The molecule has 1 aliphatic rings. The van der Waals surface area contributed by atoms with Gasteiger partial charge in [-0.2, -0.15) is 0 Å². The van der Waals surface area contributed by atoms with Crippen LogP contribution in [0.3, 0.4) is 0 Å². The Labute approximate surface area is 126 Å². The van der Waals surface area contributed by atoms with Crippen LogP contribution in [0.1, 0.15) is 40.0 Å². The molecular weight excluding hydrogens is 291 g/mol. The summed E-state index contributed by atoms with van der Waals surface area (Å²) in [6, 6.07) is 0. The number of aliphatic carboxylic acids is 1. The summed E-state index contributed by atoms with van der Waals surface area (Å²) in [4.78, 5) is 35.6. The molecule has 0 aromatic heterocycles. The molecule has 5 nitrogen and oxygen atoms in total. The van der Waals surface area contributed by atoms with Gasteiger partial charge in [-0.25, -0.2) is 0 Å². The number of rotatable bonds is 7. The molecule has 0 fully saturated rings. The Morgan fingerprint density at radius 1 is 1.38 bits per heavy atom. The first kappa shape index (κ1) is 17.7. The molecule has 0 aromatic rings. The maximum atomic E-state index is 12.3. The standard InChI is InChI=1S/C15H21O5P/c1-9-13(15(2,3)8-12(17)18)11(16)7-10(14(9)19)5-4-6-20-21/h7H,4-6,8,21H2,1-3H3,(H,17,18). The zero-order valence-corrected chi connectivity index (χ0v) is 13.7. The number of hydrogen-bond donors (Lipinski definition) is 1. The predicted molar refractivity (Wildman–Crippen MR) is 81.7 cm³/mol. The Hall–Kier alpha value is -1.32. The van der Waals surface area contributed by atoms with Gasteiger partial charge in [-0.15, -0.1) is 0 Å². The monoisotopic (exact) mass is 312 g/mol. The summed E-state index contributed by atoms with van der Waals surface area (Å²) in [6.45, 7) is 5.43. The molecule has 1 N–H and O–H groups in total. The lowest BCUT2D eigenvalue weighted by molar-refractivity contribution is -0.138. The highest BCUT2D eigenvalue weighted by atomic mass is 31.0. The van der Waals surface area contributed by atoms with Crippen LogP contribution in [0.5, 0.6) is 0 Å². The van der Waals surface area contributed by atoms with Crippen molar-refractivity contribution < 1.29 is 24.0 Å². The summed E-state index contributed by atoms with van der Waals surface area (Å²) in [6.07, 6.45) is 2.28. The third kappa shape index (κ3) is 4.32. The second-order valence-corrected chi connectivity index (χ2v) is 6.13. The average Bonchev–Trinajstić information content (AvgIpc) is 2.33. The number of carboxylic acid groups (broad SMARTS) is 1. The number of carboxylic acids is 1. The van der Waals surface area contributed by atoms with E-state index in [1.165, 1.54) is 6.08 Å². The number of allylic oxidation sites excluding steroid dienone is 4. The van der Waals surface area contributed by atoms with Crippen molar-refractivity contribution in [1.82, 2.24) is 0 Å². The molecule has 1 rings (SSSR count). The van der Waals surface area contributed by atoms with Gasteiger partial charge in [-0.05, 0) is 25.8 Å². The van der Waals surface area contributed by atoms with Crippen LogP contribution >= 0.6 is 9.47 Å². The SMILES string of the molecule is CC1=C(C(C)(C)CC(=O)O)C(=O)C=C(CCCOP)C1=O. The molecule has 116 valence electrons. The predicted octanol–water partition coefficient (Wildman–Crippen LogP) is 2.47. The van der Waals surface area contributed by atoms with Gasteiger partial charge < -0.3 is 9.63 Å². The number of carbonyl (C=O) groups is 3. The number of ketones is 2. The maximum Gasteiger partial charge on any atom is 0.304 e. The average molecular weight is 312 g/mol. The number of hydrogen-bond acceptors (Lipinski definition) is 4. The topological polar surface area (TPSA) is 80.7 Å². The van der Waals surface area contributed by atoms with Crippen LogP contribution in [0.15, 0.2) is 22.8 Å². The van der Waals surface area contributed by atoms with Crippen molar-refractivity contribution in [2.24, 2.45) is 5.41 Å². The van der Waals surface area contributed by atoms with E-state index in [4.69, 9.17) is 9.63 Å². The first-order chi connectivity index (χ1) is 9.70. The van der Waals surface area contributed by atoms with E-state index in [2.05, 4.69) is 9.47 Å². The summed E-state index contributed by atoms with van der Waals surface area (Å²) in [7, 11) is 2.14. The third-order valence-electron chi connectivity index (χ3n) is 3.54. The molecule has 0 amide bonds. The van der Waals surface area contributed by atoms with Crippen molar-refractivity contribution in [3.8, 4) is 0 Å². The molecule has 0 heterocycles. The molecule has 1 atom stereocenters. The number of carbonyl (C=O) groups excluding carboxylic acids is 2. The van der Waals surface area contributed by atoms with Crippen molar-refractivity contribution in [3.63, 3.8) is 0 Å². The Kier molecular flexibility index (Phi) is 5.99. The van der Waals surface area contributed by atoms with Crippen LogP contribution in [-0.4, -0.2) is 29.2 Å². The van der Waals surface area contributed by atoms with Crippen LogP contribution < -0.4 is 0 Å². The Balaban J connectivity index is 3.03. The summed E-state index contributed by atoms with van der Waals surface area (Å²) >= 11 is 0. The van der Waals surface area contributed by atoms with Gasteiger partial charge in [0.25, 0.3) is 0 Å². The minimum Gasteiger partial charge on any atom is -0.481 e. The molecule has 1 aliphatic carbocycles. The quantitative estimate of drug-likeness (QED) is 0.444. The molecule has 0 spiro atoms. The molecule has 0 saturated carbocycles. The van der Waals surface area contributed by atoms with Crippen LogP contribution in [-0.2, 0) is 18.9 Å². The van der Waals surface area contributed by atoms with Crippen LogP contribution in [0.25, 0.3) is 0 Å². The first-order valence-electron chi connectivity index (χ1n) is 6.75. The smallest absolute Gasteiger partial charge is 0.304 e. The number of Topliss-reactive ketones (excluding diaryl/α,β-unsaturated/α-hetero) is 1. The lowest BCUT2D eigenvalue weighted by Crippen LogP contribution is -2.30. The highest BCUT2D eigenvalue weighted by Crippen LogP contribution is 2.37. The van der Waals surface area contributed by atoms with Gasteiger partial charge >= 0.3 is 5.97 Å². The van der Waals surface area contributed by atoms with E-state index < -0.39 is 11.4 Å². The van der Waals surface area contributed by atoms with Crippen molar-refractivity contribution in [2.75, 3.05) is 6.61 Å². The fraction of sp³-hybridized carbons (Fsp3) is 0.533. The maximum absolute atomic E-state index is 12.3. The summed E-state index contributed by atoms with van der Waals surface area (Å²) in [5.41, 5.74) is 0.263. The molecule has 0 saturated heterocycles. The fourth-order valence-corrected chi connectivity index (χ4v) is 2.84. The zero-order chi connectivity index (χ0) is 16.2. The van der Waals surface area contributed by atoms with Crippen molar-refractivity contribution >= 4 is 27.0 Å². The van der Waals surface area contributed by atoms with Crippen LogP contribution in [0.4, 0.5) is 0 Å². The second kappa shape index (κ2) is 7.10. The van der Waals surface area contributed by atoms with Gasteiger partial charge in [0.15, 0.2) is 11.6 Å². The molecule has 1 unspecified atom stereocenters. The minimum absolute atomic E-state index is 0.174. The van der Waals surface area contributed by atoms with Crippen molar-refractivity contribution in [2.45, 2.75) is 40.0 Å². The molecule has 21 heavy (non-hydrogen) atoms. The van der Waals surface area contributed by atoms with E-state index >= 15 is 0 Å². The van der Waals surface area contributed by atoms with Crippen molar-refractivity contribution in [1.29, 1.82) is 0 Å². The van der Waals surface area contributed by atoms with Gasteiger partial charge in [0.2, 0.25) is 0 Å². The Bertz CT molecular complexity index is 528. The third-order valence-corrected chi connectivity index (χ3v) is 3.77. The molecule has 0 aromatic carbocycles. The molecule has 6 heteroatoms. The molecule has 0 radical (unpaired) electrons. The van der Waals surface area contributed by atoms with E-state index in [1.807, 2.05) is 0 Å². The molecule has 0 aliphatic heterocycles. The zero-order valence-electron chi connectivity index (χ0n) is 12.6. The lowest BCUT2D eigenvalue weighted by atomic mass is 9.73. The Morgan fingerprint density at radius 3 is 2.52 bits per heavy atom. The van der Waals surface area contributed by atoms with Gasteiger partial charge in [0.1, 0.15) is 0 Å². The fourth-order valence-electron chi connectivity index (χ4n) is 2.67. The lowest BCUT2D eigenvalue weighted by Gasteiger charge is -2.29. The highest BCUT2D eigenvalue weighted by molar-refractivity contribution is 7.09. The van der Waals surface area contributed by atoms with E-state index in [9.17, 15) is 14.4 Å². The highest BCUT2D eigenvalue weighted by Gasteiger charge is 2.36. The first-order valence-corrected chi connectivity index (χ1v) is 7.22. The molecular formula is C15H21O5P. The van der Waals surface area contributed by atoms with E-state index in [0.717, 1.165) is 0 Å². The van der Waals surface area contributed by atoms with E-state index in [0.29, 0.717) is 36.2 Å². The van der Waals surface area contributed by atoms with Crippen LogP contribution in [0, 0.1) is 5.41 Å². The second-order valence-electron chi connectivity index (χ2n) is 5.79.